The van der Waals surface area contributed by atoms with E-state index in [9.17, 15) is 23.2 Å². The van der Waals surface area contributed by atoms with E-state index in [-0.39, 0.29) is 67.6 Å². The van der Waals surface area contributed by atoms with Crippen LogP contribution >= 0.6 is 0 Å². The number of nitrogens with zero attached hydrogens (tertiary/aromatic N) is 1. The zero-order valence-corrected chi connectivity index (χ0v) is 19.8. The number of hydrogen-bond donors (Lipinski definition) is 2. The smallest absolute Gasteiger partial charge is 0.255 e. The van der Waals surface area contributed by atoms with Gasteiger partial charge in [0.2, 0.25) is 17.7 Å². The molecule has 3 amide bonds. The number of nitrogens with one attached hydrogen (secondary N) is 2. The van der Waals surface area contributed by atoms with Crippen LogP contribution in [0.4, 0.5) is 13.2 Å². The SMILES string of the molecule is O=C1CC[C@H](N2Cc3c(ccc(C[C@H]4CCCC[C@@H]4NC4CCC(F)(F)CC4)c3F)C2=O)C(=O)N1. The number of rotatable bonds is 5. The molecule has 1 saturated heterocycles. The Bertz CT molecular complexity index is 1020. The molecule has 3 fully saturated rings. The lowest BCUT2D eigenvalue weighted by molar-refractivity contribution is -0.136. The number of carbonyl (C=O) groups excluding carboxylic acids is 3. The predicted octanol–water partition coefficient (Wildman–Crippen LogP) is 3.86. The number of amides is 3. The van der Waals surface area contributed by atoms with Crippen molar-refractivity contribution in [3.8, 4) is 0 Å². The van der Waals surface area contributed by atoms with Gasteiger partial charge in [0, 0.05) is 42.5 Å². The first kappa shape index (κ1) is 24.3. The number of alkyl halides is 2. The van der Waals surface area contributed by atoms with E-state index >= 15 is 4.39 Å². The van der Waals surface area contributed by atoms with Gasteiger partial charge >= 0.3 is 0 Å². The molecule has 3 atom stereocenters. The Morgan fingerprint density at radius 1 is 1.03 bits per heavy atom. The number of fused-ring (bicyclic) bond motifs is 1. The van der Waals surface area contributed by atoms with Crippen LogP contribution in [0.25, 0.3) is 0 Å². The number of halogens is 3. The molecule has 6 nitrogen and oxygen atoms in total. The molecule has 0 bridgehead atoms. The molecular formula is C26H32F3N3O3. The zero-order chi connectivity index (χ0) is 24.7. The molecule has 5 rings (SSSR count). The van der Waals surface area contributed by atoms with Gasteiger partial charge in [-0.3, -0.25) is 19.7 Å². The van der Waals surface area contributed by atoms with Gasteiger partial charge in [0.05, 0.1) is 6.54 Å². The Labute approximate surface area is 203 Å². The standard InChI is InChI=1S/C26H32F3N3O3/c27-23-16(13-15-3-1-2-4-20(15)30-17-9-11-26(28,29)12-10-17)5-6-18-19(23)14-32(25(18)35)21-7-8-22(33)31-24(21)34/h5-6,15,17,20-21,30H,1-4,7-14H2,(H,31,33,34)/t15-,20+,21+/m1/s1. The minimum atomic E-state index is -2.56. The van der Waals surface area contributed by atoms with Crippen LogP contribution in [0.5, 0.6) is 0 Å². The molecule has 2 saturated carbocycles. The molecule has 0 spiro atoms. The van der Waals surface area contributed by atoms with Crippen LogP contribution in [0.2, 0.25) is 0 Å². The van der Waals surface area contributed by atoms with Crippen molar-refractivity contribution in [3.63, 3.8) is 0 Å². The lowest BCUT2D eigenvalue weighted by Gasteiger charge is -2.38. The second-order valence-corrected chi connectivity index (χ2v) is 10.6. The van der Waals surface area contributed by atoms with Gasteiger partial charge in [0.15, 0.2) is 0 Å². The summed E-state index contributed by atoms with van der Waals surface area (Å²) in [5.74, 6) is -4.02. The largest absolute Gasteiger partial charge is 0.322 e. The first-order chi connectivity index (χ1) is 16.7. The molecule has 2 heterocycles. The first-order valence-electron chi connectivity index (χ1n) is 12.8. The molecule has 35 heavy (non-hydrogen) atoms. The Balaban J connectivity index is 1.28. The topological polar surface area (TPSA) is 78.5 Å². The maximum Gasteiger partial charge on any atom is 0.255 e. The molecular weight excluding hydrogens is 459 g/mol. The van der Waals surface area contributed by atoms with E-state index < -0.39 is 23.7 Å². The lowest BCUT2D eigenvalue weighted by atomic mass is 9.79. The monoisotopic (exact) mass is 491 g/mol. The summed E-state index contributed by atoms with van der Waals surface area (Å²) < 4.78 is 42.7. The van der Waals surface area contributed by atoms with Crippen LogP contribution in [0.3, 0.4) is 0 Å². The Hall–Kier alpha value is -2.42. The van der Waals surface area contributed by atoms with E-state index in [0.717, 1.165) is 25.7 Å². The fourth-order valence-corrected chi connectivity index (χ4v) is 6.27. The summed E-state index contributed by atoms with van der Waals surface area (Å²) in [6.45, 7) is 0.0166. The predicted molar refractivity (Wildman–Crippen MR) is 122 cm³/mol. The zero-order valence-electron chi connectivity index (χ0n) is 19.8. The van der Waals surface area contributed by atoms with Crippen molar-refractivity contribution in [3.05, 3.63) is 34.6 Å². The van der Waals surface area contributed by atoms with Crippen LogP contribution < -0.4 is 10.6 Å². The number of imide groups is 1. The van der Waals surface area contributed by atoms with Gasteiger partial charge in [-0.2, -0.15) is 0 Å². The second-order valence-electron chi connectivity index (χ2n) is 10.6. The Kier molecular flexibility index (Phi) is 6.63. The summed E-state index contributed by atoms with van der Waals surface area (Å²) in [6.07, 6.45) is 5.68. The average Bonchev–Trinajstić information content (AvgIpc) is 3.15. The van der Waals surface area contributed by atoms with E-state index in [4.69, 9.17) is 0 Å². The van der Waals surface area contributed by atoms with Crippen LogP contribution in [0.15, 0.2) is 12.1 Å². The average molecular weight is 492 g/mol. The molecule has 2 aliphatic heterocycles. The maximum atomic E-state index is 15.6. The van der Waals surface area contributed by atoms with Crippen molar-refractivity contribution in [1.29, 1.82) is 0 Å². The van der Waals surface area contributed by atoms with Gasteiger partial charge in [0.25, 0.3) is 5.91 Å². The molecule has 2 N–H and O–H groups in total. The van der Waals surface area contributed by atoms with Crippen molar-refractivity contribution in [2.75, 3.05) is 0 Å². The fourth-order valence-electron chi connectivity index (χ4n) is 6.27. The highest BCUT2D eigenvalue weighted by Gasteiger charge is 2.41. The van der Waals surface area contributed by atoms with Crippen LogP contribution in [0, 0.1) is 11.7 Å². The van der Waals surface area contributed by atoms with Crippen LogP contribution in [0.1, 0.15) is 85.7 Å². The molecule has 2 aliphatic carbocycles. The van der Waals surface area contributed by atoms with Crippen molar-refractivity contribution >= 4 is 17.7 Å². The number of benzene rings is 1. The van der Waals surface area contributed by atoms with Gasteiger partial charge in [0.1, 0.15) is 11.9 Å². The summed E-state index contributed by atoms with van der Waals surface area (Å²) >= 11 is 0. The van der Waals surface area contributed by atoms with Gasteiger partial charge < -0.3 is 10.2 Å². The Morgan fingerprint density at radius 3 is 2.51 bits per heavy atom. The van der Waals surface area contributed by atoms with E-state index in [2.05, 4.69) is 10.6 Å². The minimum Gasteiger partial charge on any atom is -0.322 e. The molecule has 0 aromatic heterocycles. The highest BCUT2D eigenvalue weighted by atomic mass is 19.3. The summed E-state index contributed by atoms with van der Waals surface area (Å²) in [5.41, 5.74) is 1.14. The number of piperidine rings is 1. The van der Waals surface area contributed by atoms with Crippen molar-refractivity contribution in [1.82, 2.24) is 15.5 Å². The van der Waals surface area contributed by atoms with Crippen LogP contribution in [-0.2, 0) is 22.6 Å². The number of carbonyl (C=O) groups is 3. The van der Waals surface area contributed by atoms with E-state index in [1.165, 1.54) is 4.90 Å². The highest BCUT2D eigenvalue weighted by Crippen LogP contribution is 2.36. The van der Waals surface area contributed by atoms with Gasteiger partial charge in [-0.25, -0.2) is 13.2 Å². The molecule has 4 aliphatic rings. The normalized spacial score (nSPS) is 29.3. The summed E-state index contributed by atoms with van der Waals surface area (Å²) in [6, 6.07) is 2.79. The van der Waals surface area contributed by atoms with E-state index in [1.807, 2.05) is 0 Å². The Morgan fingerprint density at radius 2 is 1.77 bits per heavy atom. The van der Waals surface area contributed by atoms with Gasteiger partial charge in [-0.1, -0.05) is 18.9 Å². The third kappa shape index (κ3) is 4.97. The molecule has 9 heteroatoms. The van der Waals surface area contributed by atoms with Gasteiger partial charge in [-0.15, -0.1) is 0 Å². The first-order valence-corrected chi connectivity index (χ1v) is 12.8. The second kappa shape index (κ2) is 9.56. The molecule has 190 valence electrons. The van der Waals surface area contributed by atoms with E-state index in [0.29, 0.717) is 30.4 Å². The van der Waals surface area contributed by atoms with E-state index in [1.54, 1.807) is 12.1 Å². The van der Waals surface area contributed by atoms with Crippen molar-refractivity contribution in [2.45, 2.75) is 101 Å². The fraction of sp³-hybridized carbons (Fsp3) is 0.654. The van der Waals surface area contributed by atoms with Crippen LogP contribution in [-0.4, -0.2) is 46.7 Å². The minimum absolute atomic E-state index is 0.0166. The summed E-state index contributed by atoms with van der Waals surface area (Å²) in [4.78, 5) is 38.0. The maximum absolute atomic E-state index is 15.6. The van der Waals surface area contributed by atoms with Crippen molar-refractivity contribution in [2.24, 2.45) is 5.92 Å². The molecule has 1 aromatic carbocycles. The lowest BCUT2D eigenvalue weighted by Crippen LogP contribution is -2.52. The molecule has 0 unspecified atom stereocenters. The highest BCUT2D eigenvalue weighted by molar-refractivity contribution is 6.05. The van der Waals surface area contributed by atoms with Crippen molar-refractivity contribution < 1.29 is 27.6 Å². The third-order valence-electron chi connectivity index (χ3n) is 8.29. The molecule has 0 radical (unpaired) electrons. The third-order valence-corrected chi connectivity index (χ3v) is 8.29. The summed E-state index contributed by atoms with van der Waals surface area (Å²) in [5, 5.41) is 5.88. The summed E-state index contributed by atoms with van der Waals surface area (Å²) in [7, 11) is 0. The molecule has 1 aromatic rings. The number of hydrogen-bond acceptors (Lipinski definition) is 4. The van der Waals surface area contributed by atoms with Gasteiger partial charge in [-0.05, 0) is 56.1 Å². The quantitative estimate of drug-likeness (QED) is 0.614.